The van der Waals surface area contributed by atoms with Crippen LogP contribution in [0.5, 0.6) is 11.5 Å². The summed E-state index contributed by atoms with van der Waals surface area (Å²) in [5, 5.41) is 16.2. The summed E-state index contributed by atoms with van der Waals surface area (Å²) in [6, 6.07) is 11.9. The van der Waals surface area contributed by atoms with Gasteiger partial charge < -0.3 is 35.8 Å². The van der Waals surface area contributed by atoms with Gasteiger partial charge >= 0.3 is 0 Å². The second-order valence-electron chi connectivity index (χ2n) is 11.4. The van der Waals surface area contributed by atoms with Crippen LogP contribution in [0.3, 0.4) is 0 Å². The van der Waals surface area contributed by atoms with Crippen LogP contribution in [0, 0.1) is 0 Å². The number of carbonyl (C=O) groups is 2. The molecule has 1 fully saturated rings. The van der Waals surface area contributed by atoms with Gasteiger partial charge in [-0.15, -0.1) is 0 Å². The molecular weight excluding hydrogens is 558 g/mol. The number of amides is 2. The lowest BCUT2D eigenvalue weighted by Crippen LogP contribution is -2.45. The summed E-state index contributed by atoms with van der Waals surface area (Å²) in [6.45, 7) is 4.82. The fourth-order valence-electron chi connectivity index (χ4n) is 5.90. The van der Waals surface area contributed by atoms with Crippen LogP contribution in [0.25, 0.3) is 5.57 Å². The van der Waals surface area contributed by atoms with Crippen LogP contribution in [-0.4, -0.2) is 80.1 Å². The van der Waals surface area contributed by atoms with E-state index in [4.69, 9.17) is 15.2 Å². The summed E-state index contributed by atoms with van der Waals surface area (Å²) < 4.78 is 11.5. The van der Waals surface area contributed by atoms with Crippen LogP contribution >= 0.6 is 0 Å². The number of nitrogens with one attached hydrogen (secondary N) is 2. The average Bonchev–Trinajstić information content (AvgIpc) is 3.04. The minimum Gasteiger partial charge on any atom is -0.506 e. The van der Waals surface area contributed by atoms with Crippen molar-refractivity contribution in [3.05, 3.63) is 59.3 Å². The Morgan fingerprint density at radius 2 is 2.00 bits per heavy atom. The molecule has 10 nitrogen and oxygen atoms in total. The minimum atomic E-state index is -0.279. The van der Waals surface area contributed by atoms with Gasteiger partial charge in [0, 0.05) is 43.7 Å². The number of carbonyl (C=O) groups excluding carboxylic acids is 2. The second-order valence-corrected chi connectivity index (χ2v) is 11.4. The Labute approximate surface area is 260 Å². The first-order chi connectivity index (χ1) is 21.4. The van der Waals surface area contributed by atoms with Crippen molar-refractivity contribution in [1.82, 2.24) is 10.2 Å². The van der Waals surface area contributed by atoms with E-state index in [2.05, 4.69) is 32.7 Å². The van der Waals surface area contributed by atoms with Gasteiger partial charge in [-0.2, -0.15) is 0 Å². The Bertz CT molecular complexity index is 1340. The maximum absolute atomic E-state index is 13.3. The van der Waals surface area contributed by atoms with E-state index in [0.29, 0.717) is 57.1 Å². The Kier molecular flexibility index (Phi) is 12.6. The largest absolute Gasteiger partial charge is 0.506 e. The van der Waals surface area contributed by atoms with Crippen molar-refractivity contribution >= 4 is 28.8 Å². The zero-order valence-corrected chi connectivity index (χ0v) is 26.1. The lowest BCUT2D eigenvalue weighted by molar-refractivity contribution is -0.135. The van der Waals surface area contributed by atoms with Crippen molar-refractivity contribution in [2.24, 2.45) is 10.7 Å². The van der Waals surface area contributed by atoms with Crippen molar-refractivity contribution < 1.29 is 24.2 Å². The summed E-state index contributed by atoms with van der Waals surface area (Å²) in [6.07, 6.45) is 9.02. The van der Waals surface area contributed by atoms with Crippen molar-refractivity contribution in [2.45, 2.75) is 64.3 Å². The number of phenolic OH excluding ortho intramolecular Hbond substituents is 1. The lowest BCUT2D eigenvalue weighted by atomic mass is 9.94. The summed E-state index contributed by atoms with van der Waals surface area (Å²) in [4.78, 5) is 31.3. The summed E-state index contributed by atoms with van der Waals surface area (Å²) in [5.74, 6) is 0.385. The number of hydrogen-bond acceptors (Lipinski definition) is 8. The molecule has 1 aliphatic heterocycles. The van der Waals surface area contributed by atoms with Crippen molar-refractivity contribution in [1.29, 1.82) is 0 Å². The van der Waals surface area contributed by atoms with Gasteiger partial charge in [-0.1, -0.05) is 49.6 Å². The molecule has 1 saturated carbocycles. The van der Waals surface area contributed by atoms with E-state index < -0.39 is 0 Å². The summed E-state index contributed by atoms with van der Waals surface area (Å²) in [7, 11) is 1.76. The number of fused-ring (bicyclic) bond motifs is 1. The molecule has 2 aromatic rings. The van der Waals surface area contributed by atoms with E-state index >= 15 is 0 Å². The highest BCUT2D eigenvalue weighted by Gasteiger charge is 2.25. The van der Waals surface area contributed by atoms with Gasteiger partial charge in [-0.25, -0.2) is 0 Å². The first-order valence-electron chi connectivity index (χ1n) is 15.7. The van der Waals surface area contributed by atoms with Crippen molar-refractivity contribution in [3.8, 4) is 11.5 Å². The Hall–Kier alpha value is -3.89. The molecule has 0 radical (unpaired) electrons. The maximum Gasteiger partial charge on any atom is 0.262 e. The van der Waals surface area contributed by atoms with Crippen LogP contribution < -0.4 is 21.1 Å². The lowest BCUT2D eigenvalue weighted by Gasteiger charge is -2.34. The normalized spacial score (nSPS) is 15.8. The molecule has 2 aromatic carbocycles. The van der Waals surface area contributed by atoms with Gasteiger partial charge in [0.05, 0.1) is 19.6 Å². The molecular formula is C34H47N5O5. The number of benzene rings is 2. The predicted octanol–water partition coefficient (Wildman–Crippen LogP) is 4.06. The molecule has 0 saturated heterocycles. The smallest absolute Gasteiger partial charge is 0.262 e. The highest BCUT2D eigenvalue weighted by molar-refractivity contribution is 6.22. The predicted molar refractivity (Wildman–Crippen MR) is 174 cm³/mol. The number of allylic oxidation sites excluding steroid dienone is 1. The van der Waals surface area contributed by atoms with Crippen molar-refractivity contribution in [3.63, 3.8) is 0 Å². The first kappa shape index (κ1) is 33.0. The number of aliphatic imine (C=N–C) groups is 1. The average molecular weight is 606 g/mol. The third-order valence-corrected chi connectivity index (χ3v) is 8.39. The SMILES string of the molecule is CN=C(C)C(=CN)c1cccc(CCOCCC(=O)N(CCNCCc2ccc(O)c3c2OCC(=O)N3)C2CCCCC2)c1. The van der Waals surface area contributed by atoms with Crippen LogP contribution in [0.15, 0.2) is 47.6 Å². The minimum absolute atomic E-state index is 0.00369. The van der Waals surface area contributed by atoms with E-state index in [9.17, 15) is 14.7 Å². The standard InChI is InChI=1S/C34H47N5O5/c1-24(36-2)29(22-35)27-8-6-7-25(21-27)14-19-43-20-15-32(42)39(28-9-4-3-5-10-28)18-17-37-16-13-26-11-12-30(40)33-34(26)44-23-31(41)38-33/h6-8,11-12,21-22,28,37,40H,3-5,9-10,13-20,23,35H2,1-2H3,(H,38,41). The van der Waals surface area contributed by atoms with Crippen LogP contribution in [0.4, 0.5) is 5.69 Å². The number of phenols is 1. The second kappa shape index (κ2) is 16.8. The molecule has 2 amide bonds. The number of nitrogens with two attached hydrogens (primary N) is 1. The highest BCUT2D eigenvalue weighted by atomic mass is 16.5. The Morgan fingerprint density at radius 3 is 2.77 bits per heavy atom. The van der Waals surface area contributed by atoms with Gasteiger partial charge in [0.1, 0.15) is 11.4 Å². The number of aromatic hydroxyl groups is 1. The third-order valence-electron chi connectivity index (χ3n) is 8.39. The zero-order valence-electron chi connectivity index (χ0n) is 26.1. The highest BCUT2D eigenvalue weighted by Crippen LogP contribution is 2.39. The van der Waals surface area contributed by atoms with Gasteiger partial charge in [0.15, 0.2) is 12.4 Å². The van der Waals surface area contributed by atoms with Gasteiger partial charge in [-0.05, 0) is 61.9 Å². The summed E-state index contributed by atoms with van der Waals surface area (Å²) >= 11 is 0. The third kappa shape index (κ3) is 9.06. The molecule has 0 bridgehead atoms. The number of hydrogen-bond donors (Lipinski definition) is 4. The number of nitrogens with zero attached hydrogens (tertiary/aromatic N) is 2. The molecule has 1 aliphatic carbocycles. The van der Waals surface area contributed by atoms with Crippen LogP contribution in [-0.2, 0) is 27.2 Å². The molecule has 44 heavy (non-hydrogen) atoms. The van der Waals surface area contributed by atoms with Gasteiger partial charge in [-0.3, -0.25) is 14.6 Å². The summed E-state index contributed by atoms with van der Waals surface area (Å²) in [5.41, 5.74) is 11.1. The molecule has 2 aliphatic rings. The number of ether oxygens (including phenoxy) is 2. The molecule has 0 spiro atoms. The van der Waals surface area contributed by atoms with E-state index in [1.165, 1.54) is 6.42 Å². The van der Waals surface area contributed by atoms with E-state index in [0.717, 1.165) is 60.1 Å². The molecule has 0 unspecified atom stereocenters. The van der Waals surface area contributed by atoms with E-state index in [1.54, 1.807) is 19.3 Å². The van der Waals surface area contributed by atoms with E-state index in [1.807, 2.05) is 25.1 Å². The molecule has 1 heterocycles. The molecule has 0 atom stereocenters. The Morgan fingerprint density at radius 1 is 1.18 bits per heavy atom. The number of rotatable bonds is 15. The molecule has 238 valence electrons. The van der Waals surface area contributed by atoms with Gasteiger partial charge in [0.2, 0.25) is 5.91 Å². The zero-order chi connectivity index (χ0) is 31.3. The van der Waals surface area contributed by atoms with E-state index in [-0.39, 0.29) is 30.2 Å². The topological polar surface area (TPSA) is 139 Å². The fraction of sp³-hybridized carbons (Fsp3) is 0.500. The molecule has 4 rings (SSSR count). The Balaban J connectivity index is 1.22. The molecule has 0 aromatic heterocycles. The van der Waals surface area contributed by atoms with Gasteiger partial charge in [0.25, 0.3) is 5.91 Å². The maximum atomic E-state index is 13.3. The van der Waals surface area contributed by atoms with Crippen molar-refractivity contribution in [2.75, 3.05) is 51.8 Å². The monoisotopic (exact) mass is 605 g/mol. The first-order valence-corrected chi connectivity index (χ1v) is 15.7. The van der Waals surface area contributed by atoms with Crippen LogP contribution in [0.2, 0.25) is 0 Å². The fourth-order valence-corrected chi connectivity index (χ4v) is 5.90. The quantitative estimate of drug-likeness (QED) is 0.136. The van der Waals surface area contributed by atoms with Crippen LogP contribution in [0.1, 0.15) is 62.1 Å². The molecule has 10 heteroatoms. The number of anilines is 1. The molecule has 5 N–H and O–H groups in total.